The summed E-state index contributed by atoms with van der Waals surface area (Å²) in [6.07, 6.45) is 4.83. The van der Waals surface area contributed by atoms with E-state index in [-0.39, 0.29) is 24.1 Å². The number of rotatable bonds is 3. The van der Waals surface area contributed by atoms with Gasteiger partial charge in [0.15, 0.2) is 0 Å². The molecule has 1 saturated heterocycles. The third kappa shape index (κ3) is 4.09. The van der Waals surface area contributed by atoms with Crippen LogP contribution in [-0.2, 0) is 9.53 Å². The number of carboxylic acid groups (broad SMARTS) is 1. The molecule has 2 N–H and O–H groups in total. The van der Waals surface area contributed by atoms with Crippen molar-refractivity contribution in [2.24, 2.45) is 11.8 Å². The lowest BCUT2D eigenvalue weighted by molar-refractivity contribution is -0.143. The first-order chi connectivity index (χ1) is 10.0. The molecule has 0 aromatic rings. The Morgan fingerprint density at radius 3 is 2.62 bits per heavy atom. The molecule has 2 fully saturated rings. The Morgan fingerprint density at radius 2 is 1.95 bits per heavy atom. The Balaban J connectivity index is 1.93. The van der Waals surface area contributed by atoms with Gasteiger partial charge in [-0.05, 0) is 25.2 Å². The summed E-state index contributed by atoms with van der Waals surface area (Å²) in [4.78, 5) is 25.2. The molecule has 1 aliphatic carbocycles. The average Bonchev–Trinajstić information content (AvgIpc) is 2.47. The molecule has 0 aromatic carbocycles. The Labute approximate surface area is 125 Å². The number of hydrogen-bond acceptors (Lipinski definition) is 3. The van der Waals surface area contributed by atoms with Crippen LogP contribution in [0.4, 0.5) is 4.79 Å². The number of carbonyl (C=O) groups excluding carboxylic acids is 1. The van der Waals surface area contributed by atoms with Crippen molar-refractivity contribution in [3.05, 3.63) is 0 Å². The Hall–Kier alpha value is -1.30. The van der Waals surface area contributed by atoms with Gasteiger partial charge in [0.25, 0.3) is 0 Å². The third-order valence-electron chi connectivity index (χ3n) is 4.61. The van der Waals surface area contributed by atoms with Gasteiger partial charge in [-0.25, -0.2) is 4.79 Å². The van der Waals surface area contributed by atoms with E-state index in [4.69, 9.17) is 4.74 Å². The number of methoxy groups -OCH3 is 1. The number of hydrogen-bond donors (Lipinski definition) is 2. The molecular weight excluding hydrogens is 272 g/mol. The summed E-state index contributed by atoms with van der Waals surface area (Å²) in [6.45, 7) is 2.92. The van der Waals surface area contributed by atoms with Gasteiger partial charge < -0.3 is 20.1 Å². The zero-order chi connectivity index (χ0) is 15.4. The van der Waals surface area contributed by atoms with E-state index < -0.39 is 11.9 Å². The fraction of sp³-hybridized carbons (Fsp3) is 0.867. The predicted molar refractivity (Wildman–Crippen MR) is 78.1 cm³/mol. The van der Waals surface area contributed by atoms with Crippen LogP contribution in [0, 0.1) is 11.8 Å². The average molecular weight is 298 g/mol. The highest BCUT2D eigenvalue weighted by atomic mass is 16.5. The van der Waals surface area contributed by atoms with Crippen LogP contribution in [0.1, 0.15) is 39.0 Å². The molecule has 6 nitrogen and oxygen atoms in total. The van der Waals surface area contributed by atoms with Crippen LogP contribution in [0.3, 0.4) is 0 Å². The Bertz CT molecular complexity index is 388. The number of carbonyl (C=O) groups is 2. The van der Waals surface area contributed by atoms with Crippen LogP contribution in [0.15, 0.2) is 0 Å². The number of ether oxygens (including phenoxy) is 1. The summed E-state index contributed by atoms with van der Waals surface area (Å²) >= 11 is 0. The van der Waals surface area contributed by atoms with Gasteiger partial charge in [0, 0.05) is 20.2 Å². The number of likely N-dealkylation sites (tertiary alicyclic amines) is 1. The molecule has 0 aromatic heterocycles. The quantitative estimate of drug-likeness (QED) is 0.831. The molecule has 2 aliphatic rings. The summed E-state index contributed by atoms with van der Waals surface area (Å²) in [7, 11) is 1.68. The van der Waals surface area contributed by atoms with Crippen molar-refractivity contribution < 1.29 is 19.4 Å². The van der Waals surface area contributed by atoms with Gasteiger partial charge in [0.05, 0.1) is 18.1 Å². The molecule has 1 aliphatic heterocycles. The van der Waals surface area contributed by atoms with Crippen LogP contribution in [0.2, 0.25) is 0 Å². The molecular formula is C15H26N2O4. The summed E-state index contributed by atoms with van der Waals surface area (Å²) < 4.78 is 5.45. The molecule has 1 heterocycles. The van der Waals surface area contributed by atoms with Crippen molar-refractivity contribution >= 4 is 12.0 Å². The van der Waals surface area contributed by atoms with E-state index in [0.717, 1.165) is 25.7 Å². The topological polar surface area (TPSA) is 78.9 Å². The van der Waals surface area contributed by atoms with E-state index in [9.17, 15) is 14.7 Å². The van der Waals surface area contributed by atoms with E-state index in [1.165, 1.54) is 0 Å². The molecule has 2 rings (SSSR count). The maximum absolute atomic E-state index is 12.4. The molecule has 1 saturated carbocycles. The monoisotopic (exact) mass is 298 g/mol. The lowest BCUT2D eigenvalue weighted by Crippen LogP contribution is -2.54. The summed E-state index contributed by atoms with van der Waals surface area (Å²) in [5.74, 6) is -1.05. The van der Waals surface area contributed by atoms with E-state index in [0.29, 0.717) is 19.5 Å². The van der Waals surface area contributed by atoms with Gasteiger partial charge in [-0.1, -0.05) is 19.8 Å². The third-order valence-corrected chi connectivity index (χ3v) is 4.61. The van der Waals surface area contributed by atoms with Gasteiger partial charge in [0.2, 0.25) is 0 Å². The lowest BCUT2D eigenvalue weighted by atomic mass is 9.90. The van der Waals surface area contributed by atoms with Crippen LogP contribution < -0.4 is 5.32 Å². The normalized spacial score (nSPS) is 33.5. The number of carboxylic acids is 1. The predicted octanol–water partition coefficient (Wildman–Crippen LogP) is 1.70. The molecule has 120 valence electrons. The SMILES string of the molecule is COC1CCCCC1NC(=O)N1CC(C)CC(C(=O)O)C1. The number of nitrogens with one attached hydrogen (secondary N) is 1. The Morgan fingerprint density at radius 1 is 1.24 bits per heavy atom. The van der Waals surface area contributed by atoms with Crippen LogP contribution in [0.25, 0.3) is 0 Å². The van der Waals surface area contributed by atoms with E-state index in [1.807, 2.05) is 6.92 Å². The number of urea groups is 1. The standard InChI is InChI=1S/C15H26N2O4/c1-10-7-11(14(18)19)9-17(8-10)15(20)16-12-5-3-4-6-13(12)21-2/h10-13H,3-9H2,1-2H3,(H,16,20)(H,18,19). The van der Waals surface area contributed by atoms with Gasteiger partial charge in [-0.2, -0.15) is 0 Å². The highest BCUT2D eigenvalue weighted by molar-refractivity contribution is 5.77. The first-order valence-electron chi connectivity index (χ1n) is 7.82. The van der Waals surface area contributed by atoms with Crippen molar-refractivity contribution in [2.45, 2.75) is 51.2 Å². The molecule has 6 heteroatoms. The largest absolute Gasteiger partial charge is 0.481 e. The summed E-state index contributed by atoms with van der Waals surface area (Å²) in [5, 5.41) is 12.2. The molecule has 0 spiro atoms. The maximum Gasteiger partial charge on any atom is 0.317 e. The van der Waals surface area contributed by atoms with Crippen molar-refractivity contribution in [1.82, 2.24) is 10.2 Å². The number of piperidine rings is 1. The minimum absolute atomic E-state index is 0.0387. The minimum Gasteiger partial charge on any atom is -0.481 e. The summed E-state index contributed by atoms with van der Waals surface area (Å²) in [5.41, 5.74) is 0. The lowest BCUT2D eigenvalue weighted by Gasteiger charge is -2.37. The second-order valence-corrected chi connectivity index (χ2v) is 6.40. The van der Waals surface area contributed by atoms with E-state index >= 15 is 0 Å². The van der Waals surface area contributed by atoms with Crippen molar-refractivity contribution in [1.29, 1.82) is 0 Å². The van der Waals surface area contributed by atoms with Crippen molar-refractivity contribution in [3.8, 4) is 0 Å². The Kier molecular flexibility index (Phi) is 5.45. The first-order valence-corrected chi connectivity index (χ1v) is 7.82. The highest BCUT2D eigenvalue weighted by Gasteiger charge is 2.34. The highest BCUT2D eigenvalue weighted by Crippen LogP contribution is 2.24. The van der Waals surface area contributed by atoms with Gasteiger partial charge in [-0.3, -0.25) is 4.79 Å². The molecule has 2 amide bonds. The fourth-order valence-corrected chi connectivity index (χ4v) is 3.49. The second-order valence-electron chi connectivity index (χ2n) is 6.40. The molecule has 0 radical (unpaired) electrons. The van der Waals surface area contributed by atoms with Crippen molar-refractivity contribution in [3.63, 3.8) is 0 Å². The van der Waals surface area contributed by atoms with Crippen LogP contribution in [-0.4, -0.2) is 54.4 Å². The molecule has 4 unspecified atom stereocenters. The fourth-order valence-electron chi connectivity index (χ4n) is 3.49. The van der Waals surface area contributed by atoms with Crippen molar-refractivity contribution in [2.75, 3.05) is 20.2 Å². The number of amides is 2. The number of nitrogens with zero attached hydrogens (tertiary/aromatic N) is 1. The molecule has 21 heavy (non-hydrogen) atoms. The minimum atomic E-state index is -0.813. The number of aliphatic carboxylic acids is 1. The zero-order valence-electron chi connectivity index (χ0n) is 12.9. The van der Waals surface area contributed by atoms with E-state index in [1.54, 1.807) is 12.0 Å². The zero-order valence-corrected chi connectivity index (χ0v) is 12.9. The summed E-state index contributed by atoms with van der Waals surface area (Å²) in [6, 6.07) is -0.112. The second kappa shape index (κ2) is 7.11. The smallest absolute Gasteiger partial charge is 0.317 e. The maximum atomic E-state index is 12.4. The van der Waals surface area contributed by atoms with Gasteiger partial charge >= 0.3 is 12.0 Å². The van der Waals surface area contributed by atoms with Crippen LogP contribution in [0.5, 0.6) is 0 Å². The van der Waals surface area contributed by atoms with Gasteiger partial charge in [0.1, 0.15) is 0 Å². The molecule has 4 atom stereocenters. The van der Waals surface area contributed by atoms with Gasteiger partial charge in [-0.15, -0.1) is 0 Å². The first kappa shape index (κ1) is 16.1. The van der Waals surface area contributed by atoms with E-state index in [2.05, 4.69) is 5.32 Å². The molecule has 0 bridgehead atoms. The van der Waals surface area contributed by atoms with Crippen LogP contribution >= 0.6 is 0 Å².